The number of β-amino-alcohol motifs (C(OH)–C–C–N with tert-alkyl or cyclic N) is 1. The van der Waals surface area contributed by atoms with E-state index in [-0.39, 0.29) is 6.09 Å². The molecule has 1 amide bonds. The van der Waals surface area contributed by atoms with E-state index < -0.39 is 11.2 Å². The molecular formula is C13H25NO3. The number of amides is 1. The highest BCUT2D eigenvalue weighted by atomic mass is 16.6. The molecule has 1 atom stereocenters. The fourth-order valence-corrected chi connectivity index (χ4v) is 2.26. The number of likely N-dealkylation sites (tertiary alicyclic amines) is 1. The van der Waals surface area contributed by atoms with Gasteiger partial charge in [-0.15, -0.1) is 0 Å². The minimum Gasteiger partial charge on any atom is -0.444 e. The lowest BCUT2D eigenvalue weighted by Gasteiger charge is -2.39. The van der Waals surface area contributed by atoms with E-state index in [9.17, 15) is 9.90 Å². The number of aliphatic hydroxyl groups is 1. The van der Waals surface area contributed by atoms with Gasteiger partial charge in [-0.3, -0.25) is 0 Å². The average Bonchev–Trinajstić information content (AvgIpc) is 2.14. The van der Waals surface area contributed by atoms with Gasteiger partial charge < -0.3 is 14.7 Å². The number of ether oxygens (including phenoxy) is 1. The first-order chi connectivity index (χ1) is 7.76. The largest absolute Gasteiger partial charge is 0.444 e. The van der Waals surface area contributed by atoms with Gasteiger partial charge in [0.25, 0.3) is 0 Å². The monoisotopic (exact) mass is 243 g/mol. The van der Waals surface area contributed by atoms with Crippen LogP contribution in [0.25, 0.3) is 0 Å². The maximum Gasteiger partial charge on any atom is 0.410 e. The van der Waals surface area contributed by atoms with Crippen LogP contribution in [-0.4, -0.2) is 40.4 Å². The van der Waals surface area contributed by atoms with Crippen LogP contribution in [0.1, 0.15) is 53.4 Å². The molecule has 100 valence electrons. The summed E-state index contributed by atoms with van der Waals surface area (Å²) in [7, 11) is 0. The van der Waals surface area contributed by atoms with Gasteiger partial charge >= 0.3 is 6.09 Å². The normalized spacial score (nSPS) is 25.8. The summed E-state index contributed by atoms with van der Waals surface area (Å²) >= 11 is 0. The summed E-state index contributed by atoms with van der Waals surface area (Å²) in [6.07, 6.45) is 2.98. The number of rotatable bonds is 2. The average molecular weight is 243 g/mol. The van der Waals surface area contributed by atoms with Crippen LogP contribution in [0.15, 0.2) is 0 Å². The molecule has 1 saturated heterocycles. The molecule has 0 aromatic carbocycles. The number of carbonyl (C=O) groups is 1. The molecule has 1 aliphatic heterocycles. The summed E-state index contributed by atoms with van der Waals surface area (Å²) in [6, 6.07) is 0. The van der Waals surface area contributed by atoms with Crippen LogP contribution in [-0.2, 0) is 4.74 Å². The third kappa shape index (κ3) is 4.54. The second-order valence-electron chi connectivity index (χ2n) is 5.98. The molecule has 0 aliphatic carbocycles. The topological polar surface area (TPSA) is 49.8 Å². The summed E-state index contributed by atoms with van der Waals surface area (Å²) in [5, 5.41) is 10.3. The Bertz CT molecular complexity index is 268. The zero-order valence-electron chi connectivity index (χ0n) is 11.5. The molecule has 0 aromatic heterocycles. The Hall–Kier alpha value is -0.770. The van der Waals surface area contributed by atoms with Crippen LogP contribution >= 0.6 is 0 Å². The van der Waals surface area contributed by atoms with Gasteiger partial charge in [0.2, 0.25) is 0 Å². The van der Waals surface area contributed by atoms with Crippen molar-refractivity contribution in [1.82, 2.24) is 4.90 Å². The van der Waals surface area contributed by atoms with Crippen molar-refractivity contribution in [3.8, 4) is 0 Å². The maximum absolute atomic E-state index is 11.9. The van der Waals surface area contributed by atoms with Crippen molar-refractivity contribution < 1.29 is 14.6 Å². The molecule has 4 nitrogen and oxygen atoms in total. The fourth-order valence-electron chi connectivity index (χ4n) is 2.26. The van der Waals surface area contributed by atoms with Gasteiger partial charge in [0, 0.05) is 6.54 Å². The van der Waals surface area contributed by atoms with Crippen molar-refractivity contribution in [3.05, 3.63) is 0 Å². The minimum absolute atomic E-state index is 0.313. The SMILES string of the molecule is CCC[C@]1(O)CCCN(C(=O)OC(C)(C)C)C1. The Kier molecular flexibility index (Phi) is 4.42. The highest BCUT2D eigenvalue weighted by Crippen LogP contribution is 2.26. The molecular weight excluding hydrogens is 218 g/mol. The third-order valence-electron chi connectivity index (χ3n) is 2.92. The molecule has 1 rings (SSSR count). The smallest absolute Gasteiger partial charge is 0.410 e. The second-order valence-corrected chi connectivity index (χ2v) is 5.98. The lowest BCUT2D eigenvalue weighted by atomic mass is 9.89. The first-order valence-corrected chi connectivity index (χ1v) is 6.46. The zero-order valence-corrected chi connectivity index (χ0v) is 11.5. The lowest BCUT2D eigenvalue weighted by molar-refractivity contribution is -0.0475. The standard InChI is InChI=1S/C13H25NO3/c1-5-7-13(16)8-6-9-14(10-13)11(15)17-12(2,3)4/h16H,5-10H2,1-4H3/t13-/m0/s1. The van der Waals surface area contributed by atoms with E-state index in [0.717, 1.165) is 25.7 Å². The van der Waals surface area contributed by atoms with E-state index in [0.29, 0.717) is 13.1 Å². The van der Waals surface area contributed by atoms with E-state index in [1.54, 1.807) is 4.90 Å². The Balaban J connectivity index is 2.57. The van der Waals surface area contributed by atoms with E-state index in [4.69, 9.17) is 4.74 Å². The van der Waals surface area contributed by atoms with Crippen molar-refractivity contribution in [3.63, 3.8) is 0 Å². The predicted molar refractivity (Wildman–Crippen MR) is 66.9 cm³/mol. The van der Waals surface area contributed by atoms with E-state index in [2.05, 4.69) is 0 Å². The molecule has 0 aromatic rings. The maximum atomic E-state index is 11.9. The van der Waals surface area contributed by atoms with Crippen LogP contribution in [0.5, 0.6) is 0 Å². The van der Waals surface area contributed by atoms with Gasteiger partial charge in [-0.25, -0.2) is 4.79 Å². The van der Waals surface area contributed by atoms with Crippen LogP contribution in [0.2, 0.25) is 0 Å². The molecule has 1 heterocycles. The number of hydrogen-bond acceptors (Lipinski definition) is 3. The van der Waals surface area contributed by atoms with Crippen LogP contribution in [0.3, 0.4) is 0 Å². The van der Waals surface area contributed by atoms with Crippen molar-refractivity contribution in [2.45, 2.75) is 64.6 Å². The molecule has 0 bridgehead atoms. The number of carbonyl (C=O) groups excluding carboxylic acids is 1. The van der Waals surface area contributed by atoms with Gasteiger partial charge in [-0.05, 0) is 40.0 Å². The van der Waals surface area contributed by atoms with Crippen molar-refractivity contribution in [1.29, 1.82) is 0 Å². The number of piperidine rings is 1. The van der Waals surface area contributed by atoms with E-state index in [1.165, 1.54) is 0 Å². The fraction of sp³-hybridized carbons (Fsp3) is 0.923. The predicted octanol–water partition coefficient (Wildman–Crippen LogP) is 2.55. The molecule has 1 fully saturated rings. The third-order valence-corrected chi connectivity index (χ3v) is 2.92. The Morgan fingerprint density at radius 3 is 2.65 bits per heavy atom. The summed E-state index contributed by atoms with van der Waals surface area (Å²) in [5.74, 6) is 0. The van der Waals surface area contributed by atoms with Crippen LogP contribution in [0.4, 0.5) is 4.79 Å². The molecule has 0 saturated carbocycles. The Morgan fingerprint density at radius 2 is 2.12 bits per heavy atom. The molecule has 1 aliphatic rings. The van der Waals surface area contributed by atoms with Gasteiger partial charge in [-0.2, -0.15) is 0 Å². The summed E-state index contributed by atoms with van der Waals surface area (Å²) in [6.45, 7) is 8.69. The van der Waals surface area contributed by atoms with E-state index >= 15 is 0 Å². The molecule has 0 unspecified atom stereocenters. The molecule has 4 heteroatoms. The van der Waals surface area contributed by atoms with Gasteiger partial charge in [0.1, 0.15) is 5.60 Å². The molecule has 0 spiro atoms. The highest BCUT2D eigenvalue weighted by molar-refractivity contribution is 5.68. The summed E-state index contributed by atoms with van der Waals surface area (Å²) in [4.78, 5) is 13.5. The first kappa shape index (κ1) is 14.3. The van der Waals surface area contributed by atoms with Crippen LogP contribution < -0.4 is 0 Å². The van der Waals surface area contributed by atoms with Gasteiger partial charge in [0.05, 0.1) is 12.1 Å². The Labute approximate surface area is 104 Å². The molecule has 17 heavy (non-hydrogen) atoms. The summed E-state index contributed by atoms with van der Waals surface area (Å²) in [5.41, 5.74) is -1.19. The quantitative estimate of drug-likeness (QED) is 0.811. The highest BCUT2D eigenvalue weighted by Gasteiger charge is 2.35. The van der Waals surface area contributed by atoms with Crippen LogP contribution in [0, 0.1) is 0 Å². The molecule has 1 N–H and O–H groups in total. The van der Waals surface area contributed by atoms with Crippen molar-refractivity contribution in [2.24, 2.45) is 0 Å². The first-order valence-electron chi connectivity index (χ1n) is 6.46. The van der Waals surface area contributed by atoms with Gasteiger partial charge in [-0.1, -0.05) is 13.3 Å². The zero-order chi connectivity index (χ0) is 13.1. The Morgan fingerprint density at radius 1 is 1.47 bits per heavy atom. The molecule has 0 radical (unpaired) electrons. The van der Waals surface area contributed by atoms with Crippen molar-refractivity contribution >= 4 is 6.09 Å². The van der Waals surface area contributed by atoms with E-state index in [1.807, 2.05) is 27.7 Å². The van der Waals surface area contributed by atoms with Gasteiger partial charge in [0.15, 0.2) is 0 Å². The minimum atomic E-state index is -0.718. The second kappa shape index (κ2) is 5.25. The lowest BCUT2D eigenvalue weighted by Crippen LogP contribution is -2.51. The number of nitrogens with zero attached hydrogens (tertiary/aromatic N) is 1. The van der Waals surface area contributed by atoms with Crippen molar-refractivity contribution in [2.75, 3.05) is 13.1 Å². The number of hydrogen-bond donors (Lipinski definition) is 1. The summed E-state index contributed by atoms with van der Waals surface area (Å²) < 4.78 is 5.32.